The number of hydrogen-bond acceptors (Lipinski definition) is 3. The van der Waals surface area contributed by atoms with Gasteiger partial charge in [0, 0.05) is 6.04 Å². The summed E-state index contributed by atoms with van der Waals surface area (Å²) in [6.45, 7) is 2.13. The Labute approximate surface area is 168 Å². The number of hydrogen-bond donors (Lipinski definition) is 1. The van der Waals surface area contributed by atoms with Crippen molar-refractivity contribution < 1.29 is 13.2 Å². The van der Waals surface area contributed by atoms with Gasteiger partial charge in [-0.1, -0.05) is 29.8 Å². The average molecular weight is 402 g/mol. The minimum absolute atomic E-state index is 0.0272. The highest BCUT2D eigenvalue weighted by Gasteiger charge is 2.61. The number of nitrogens with one attached hydrogen (secondary N) is 1. The molecule has 4 nitrogen and oxygen atoms in total. The molecular formula is C23H31NO3S. The van der Waals surface area contributed by atoms with Crippen molar-refractivity contribution in [3.8, 4) is 0 Å². The molecule has 5 heteroatoms. The number of sulfone groups is 1. The van der Waals surface area contributed by atoms with Crippen molar-refractivity contribution in [1.82, 2.24) is 5.32 Å². The van der Waals surface area contributed by atoms with Gasteiger partial charge in [-0.15, -0.1) is 0 Å². The van der Waals surface area contributed by atoms with E-state index in [1.54, 1.807) is 0 Å². The first-order valence-corrected chi connectivity index (χ1v) is 12.7. The van der Waals surface area contributed by atoms with E-state index >= 15 is 0 Å². The average Bonchev–Trinajstić information content (AvgIpc) is 2.63. The molecule has 152 valence electrons. The van der Waals surface area contributed by atoms with Crippen molar-refractivity contribution in [2.24, 2.45) is 17.3 Å². The Balaban J connectivity index is 1.39. The van der Waals surface area contributed by atoms with Crippen LogP contribution in [0.25, 0.3) is 0 Å². The van der Waals surface area contributed by atoms with Crippen molar-refractivity contribution in [1.29, 1.82) is 0 Å². The Hall–Kier alpha value is -1.36. The number of carbonyl (C=O) groups excluding carboxylic acids is 1. The molecule has 0 radical (unpaired) electrons. The number of aryl methyl sites for hydroxylation is 1. The summed E-state index contributed by atoms with van der Waals surface area (Å²) in [6.07, 6.45) is 7.88. The van der Waals surface area contributed by atoms with Crippen LogP contribution < -0.4 is 5.32 Å². The molecule has 1 aromatic rings. The Morgan fingerprint density at radius 2 is 1.61 bits per heavy atom. The van der Waals surface area contributed by atoms with E-state index in [9.17, 15) is 13.2 Å². The molecule has 1 aromatic carbocycles. The number of carbonyl (C=O) groups is 1. The molecule has 1 saturated heterocycles. The van der Waals surface area contributed by atoms with Crippen LogP contribution in [0.15, 0.2) is 24.3 Å². The fourth-order valence-electron chi connectivity index (χ4n) is 7.15. The molecule has 1 heterocycles. The summed E-state index contributed by atoms with van der Waals surface area (Å²) in [6, 6.07) is 9.03. The molecule has 6 rings (SSSR count). The molecule has 4 bridgehead atoms. The van der Waals surface area contributed by atoms with Gasteiger partial charge >= 0.3 is 0 Å². The van der Waals surface area contributed by atoms with E-state index in [0.717, 1.165) is 19.3 Å². The largest absolute Gasteiger partial charge is 0.353 e. The highest BCUT2D eigenvalue weighted by Crippen LogP contribution is 2.65. The highest BCUT2D eigenvalue weighted by molar-refractivity contribution is 7.91. The summed E-state index contributed by atoms with van der Waals surface area (Å²) in [5.41, 5.74) is 2.62. The minimum atomic E-state index is -2.90. The predicted molar refractivity (Wildman–Crippen MR) is 110 cm³/mol. The molecular weight excluding hydrogens is 370 g/mol. The van der Waals surface area contributed by atoms with Crippen molar-refractivity contribution >= 4 is 15.7 Å². The molecule has 2 unspecified atom stereocenters. The van der Waals surface area contributed by atoms with Crippen LogP contribution in [-0.2, 0) is 20.0 Å². The van der Waals surface area contributed by atoms with Crippen LogP contribution in [-0.4, -0.2) is 31.9 Å². The molecule has 28 heavy (non-hydrogen) atoms. The van der Waals surface area contributed by atoms with Gasteiger partial charge in [-0.3, -0.25) is 4.79 Å². The lowest BCUT2D eigenvalue weighted by atomic mass is 9.42. The highest BCUT2D eigenvalue weighted by atomic mass is 32.2. The lowest BCUT2D eigenvalue weighted by Crippen LogP contribution is -2.60. The second kappa shape index (κ2) is 6.32. The van der Waals surface area contributed by atoms with E-state index in [1.807, 2.05) is 0 Å². The predicted octanol–water partition coefficient (Wildman–Crippen LogP) is 3.53. The standard InChI is InChI=1S/C23H31NO3S/c1-16-2-4-19(5-3-16)22-11-17-10-18(12-22)14-23(13-17,15-22)21(25)24-20-6-8-28(26,27)9-7-20/h2-5,17-18,20H,6-15H2,1H3,(H,24,25). The minimum Gasteiger partial charge on any atom is -0.353 e. The summed E-state index contributed by atoms with van der Waals surface area (Å²) < 4.78 is 23.4. The Morgan fingerprint density at radius 3 is 2.21 bits per heavy atom. The third-order valence-electron chi connectivity index (χ3n) is 8.10. The van der Waals surface area contributed by atoms with Gasteiger partial charge in [-0.05, 0) is 81.1 Å². The molecule has 0 spiro atoms. The molecule has 0 aromatic heterocycles. The molecule has 4 aliphatic carbocycles. The van der Waals surface area contributed by atoms with Gasteiger partial charge in [-0.25, -0.2) is 8.42 Å². The smallest absolute Gasteiger partial charge is 0.226 e. The van der Waals surface area contributed by atoms with Crippen LogP contribution in [0.2, 0.25) is 0 Å². The van der Waals surface area contributed by atoms with E-state index < -0.39 is 9.84 Å². The molecule has 5 aliphatic rings. The van der Waals surface area contributed by atoms with Crippen LogP contribution in [0.5, 0.6) is 0 Å². The number of amides is 1. The van der Waals surface area contributed by atoms with Crippen LogP contribution in [0, 0.1) is 24.2 Å². The Bertz CT molecular complexity index is 861. The molecule has 5 fully saturated rings. The van der Waals surface area contributed by atoms with E-state index in [1.165, 1.54) is 30.4 Å². The first-order chi connectivity index (χ1) is 13.3. The summed E-state index contributed by atoms with van der Waals surface area (Å²) in [7, 11) is -2.90. The maximum Gasteiger partial charge on any atom is 0.226 e. The zero-order valence-electron chi connectivity index (χ0n) is 16.7. The first kappa shape index (κ1) is 18.7. The van der Waals surface area contributed by atoms with Gasteiger partial charge in [0.15, 0.2) is 0 Å². The maximum atomic E-state index is 13.5. The van der Waals surface area contributed by atoms with Crippen LogP contribution in [0.3, 0.4) is 0 Å². The second-order valence-electron chi connectivity index (χ2n) is 10.3. The fourth-order valence-corrected chi connectivity index (χ4v) is 8.64. The monoisotopic (exact) mass is 401 g/mol. The Morgan fingerprint density at radius 1 is 1.00 bits per heavy atom. The Kier molecular flexibility index (Phi) is 4.21. The molecule has 1 aliphatic heterocycles. The van der Waals surface area contributed by atoms with Crippen molar-refractivity contribution in [3.63, 3.8) is 0 Å². The van der Waals surface area contributed by atoms with Crippen molar-refractivity contribution in [2.75, 3.05) is 11.5 Å². The molecule has 1 amide bonds. The lowest BCUT2D eigenvalue weighted by Gasteiger charge is -2.61. The zero-order chi connectivity index (χ0) is 19.6. The van der Waals surface area contributed by atoms with Crippen LogP contribution in [0.4, 0.5) is 0 Å². The van der Waals surface area contributed by atoms with Crippen LogP contribution in [0.1, 0.15) is 62.5 Å². The normalized spacial score (nSPS) is 39.0. The van der Waals surface area contributed by atoms with E-state index in [0.29, 0.717) is 24.7 Å². The summed E-state index contributed by atoms with van der Waals surface area (Å²) in [5, 5.41) is 3.29. The van der Waals surface area contributed by atoms with Gasteiger partial charge in [0.05, 0.1) is 16.9 Å². The maximum absolute atomic E-state index is 13.5. The lowest BCUT2D eigenvalue weighted by molar-refractivity contribution is -0.150. The fraction of sp³-hybridized carbons (Fsp3) is 0.696. The topological polar surface area (TPSA) is 63.2 Å². The van der Waals surface area contributed by atoms with Gasteiger partial charge in [-0.2, -0.15) is 0 Å². The SMILES string of the molecule is Cc1ccc(C23CC4CC(CC(C(=O)NC5CCS(=O)(=O)CC5)(C4)C2)C3)cc1. The molecule has 2 atom stereocenters. The third kappa shape index (κ3) is 3.10. The van der Waals surface area contributed by atoms with Crippen molar-refractivity contribution in [3.05, 3.63) is 35.4 Å². The van der Waals surface area contributed by atoms with Gasteiger partial charge in [0.1, 0.15) is 9.84 Å². The quantitative estimate of drug-likeness (QED) is 0.843. The number of rotatable bonds is 3. The van der Waals surface area contributed by atoms with Gasteiger partial charge in [0.25, 0.3) is 0 Å². The van der Waals surface area contributed by atoms with Gasteiger partial charge in [0.2, 0.25) is 5.91 Å². The summed E-state index contributed by atoms with van der Waals surface area (Å²) in [5.74, 6) is 1.94. The van der Waals surface area contributed by atoms with Gasteiger partial charge < -0.3 is 5.32 Å². The van der Waals surface area contributed by atoms with E-state index in [-0.39, 0.29) is 34.3 Å². The first-order valence-electron chi connectivity index (χ1n) is 10.9. The van der Waals surface area contributed by atoms with Crippen LogP contribution >= 0.6 is 0 Å². The molecule has 1 N–H and O–H groups in total. The van der Waals surface area contributed by atoms with E-state index in [2.05, 4.69) is 36.5 Å². The zero-order valence-corrected chi connectivity index (χ0v) is 17.6. The second-order valence-corrected chi connectivity index (χ2v) is 12.6. The van der Waals surface area contributed by atoms with Crippen molar-refractivity contribution in [2.45, 2.75) is 69.7 Å². The van der Waals surface area contributed by atoms with E-state index in [4.69, 9.17) is 0 Å². The molecule has 4 saturated carbocycles. The summed E-state index contributed by atoms with van der Waals surface area (Å²) in [4.78, 5) is 13.5. The number of benzene rings is 1. The third-order valence-corrected chi connectivity index (χ3v) is 9.81. The summed E-state index contributed by atoms with van der Waals surface area (Å²) >= 11 is 0.